The molecule has 0 radical (unpaired) electrons. The van der Waals surface area contributed by atoms with Gasteiger partial charge in [0.05, 0.1) is 13.2 Å². The van der Waals surface area contributed by atoms with Crippen LogP contribution in [0.1, 0.15) is 76.0 Å². The van der Waals surface area contributed by atoms with E-state index in [1.807, 2.05) is 68.4 Å². The Morgan fingerprint density at radius 1 is 0.732 bits per heavy atom. The fourth-order valence-electron chi connectivity index (χ4n) is 5.97. The number of fused-ring (bicyclic) bond motifs is 1. The van der Waals surface area contributed by atoms with Crippen LogP contribution in [0.5, 0.6) is 0 Å². The summed E-state index contributed by atoms with van der Waals surface area (Å²) in [7, 11) is 0. The molecular weight excluding hydrogens is 516 g/mol. The molecule has 4 atom stereocenters. The average Bonchev–Trinajstić information content (AvgIpc) is 3.44. The van der Waals surface area contributed by atoms with E-state index in [1.165, 1.54) is 19.3 Å². The molecule has 3 aromatic carbocycles. The van der Waals surface area contributed by atoms with Gasteiger partial charge in [0.1, 0.15) is 11.7 Å². The largest absolute Gasteiger partial charge is 0.361 e. The molecule has 220 valence electrons. The second kappa shape index (κ2) is 13.2. The second-order valence-corrected chi connectivity index (χ2v) is 11.5. The van der Waals surface area contributed by atoms with E-state index in [2.05, 4.69) is 43.3 Å². The van der Waals surface area contributed by atoms with Crippen molar-refractivity contribution in [2.24, 2.45) is 0 Å². The molecule has 0 aliphatic carbocycles. The number of ether oxygens (including phenoxy) is 5. The van der Waals surface area contributed by atoms with E-state index in [0.717, 1.165) is 36.0 Å². The van der Waals surface area contributed by atoms with Crippen LogP contribution >= 0.6 is 0 Å². The van der Waals surface area contributed by atoms with Crippen LogP contribution in [-0.2, 0) is 29.3 Å². The molecule has 3 aromatic rings. The number of hydrogen-bond acceptors (Lipinski definition) is 6. The molecule has 1 unspecified atom stereocenters. The third-order valence-electron chi connectivity index (χ3n) is 8.05. The second-order valence-electron chi connectivity index (χ2n) is 11.5. The van der Waals surface area contributed by atoms with Crippen molar-refractivity contribution in [1.82, 2.24) is 0 Å². The lowest BCUT2D eigenvalue weighted by molar-refractivity contribution is -0.306. The van der Waals surface area contributed by atoms with Crippen molar-refractivity contribution < 1.29 is 28.8 Å². The maximum atomic E-state index is 12.1. The lowest BCUT2D eigenvalue weighted by Crippen LogP contribution is -2.53. The summed E-state index contributed by atoms with van der Waals surface area (Å²) in [6, 6.07) is 30.5. The summed E-state index contributed by atoms with van der Waals surface area (Å²) in [5, 5.41) is 12.1. The summed E-state index contributed by atoms with van der Waals surface area (Å²) >= 11 is 0. The van der Waals surface area contributed by atoms with Gasteiger partial charge in [-0.15, -0.1) is 0 Å². The topological polar surface area (TPSA) is 66.4 Å². The molecule has 6 heteroatoms. The van der Waals surface area contributed by atoms with E-state index in [4.69, 9.17) is 23.7 Å². The van der Waals surface area contributed by atoms with Gasteiger partial charge in [0.15, 0.2) is 18.2 Å². The minimum absolute atomic E-state index is 0.0475. The Balaban J connectivity index is 1.43. The Hall–Kier alpha value is -2.58. The molecule has 0 amide bonds. The third kappa shape index (κ3) is 6.43. The Morgan fingerprint density at radius 3 is 1.78 bits per heavy atom. The number of benzene rings is 3. The summed E-state index contributed by atoms with van der Waals surface area (Å²) < 4.78 is 31.7. The molecule has 1 N–H and O–H groups in total. The highest BCUT2D eigenvalue weighted by molar-refractivity contribution is 5.47. The predicted octanol–water partition coefficient (Wildman–Crippen LogP) is 6.94. The molecule has 0 spiro atoms. The van der Waals surface area contributed by atoms with E-state index < -0.39 is 35.7 Å². The van der Waals surface area contributed by atoms with Gasteiger partial charge in [-0.3, -0.25) is 0 Å². The van der Waals surface area contributed by atoms with Crippen molar-refractivity contribution in [3.8, 4) is 0 Å². The zero-order valence-corrected chi connectivity index (χ0v) is 24.5. The van der Waals surface area contributed by atoms with Gasteiger partial charge in [-0.25, -0.2) is 0 Å². The van der Waals surface area contributed by atoms with Crippen molar-refractivity contribution in [3.63, 3.8) is 0 Å². The van der Waals surface area contributed by atoms with Crippen molar-refractivity contribution in [3.05, 3.63) is 108 Å². The SMILES string of the molecule is CCCCCCCCO[C@]1(O)[C@@H](COC(c2ccccc2)(c2ccccc2)c2ccccc2)OC2OC(C)(C)O[C@@H]21. The van der Waals surface area contributed by atoms with Gasteiger partial charge >= 0.3 is 0 Å². The van der Waals surface area contributed by atoms with Gasteiger partial charge in [0.2, 0.25) is 5.79 Å². The summed E-state index contributed by atoms with van der Waals surface area (Å²) in [5.41, 5.74) is 1.97. The first-order valence-electron chi connectivity index (χ1n) is 15.1. The molecule has 41 heavy (non-hydrogen) atoms. The first-order valence-corrected chi connectivity index (χ1v) is 15.1. The van der Waals surface area contributed by atoms with E-state index >= 15 is 0 Å². The fraction of sp³-hybridized carbons (Fsp3) is 0.486. The minimum Gasteiger partial charge on any atom is -0.361 e. The normalized spacial score (nSPS) is 25.3. The van der Waals surface area contributed by atoms with E-state index in [9.17, 15) is 5.11 Å². The van der Waals surface area contributed by atoms with Crippen LogP contribution in [-0.4, -0.2) is 48.4 Å². The minimum atomic E-state index is -1.72. The van der Waals surface area contributed by atoms with Crippen LogP contribution in [0.2, 0.25) is 0 Å². The molecule has 0 bridgehead atoms. The van der Waals surface area contributed by atoms with Crippen LogP contribution in [0.25, 0.3) is 0 Å². The van der Waals surface area contributed by atoms with Crippen molar-refractivity contribution in [2.45, 2.75) is 95.0 Å². The summed E-state index contributed by atoms with van der Waals surface area (Å²) in [5.74, 6) is -2.61. The van der Waals surface area contributed by atoms with Gasteiger partial charge in [0, 0.05) is 0 Å². The van der Waals surface area contributed by atoms with Crippen molar-refractivity contribution in [1.29, 1.82) is 0 Å². The van der Waals surface area contributed by atoms with Gasteiger partial charge in [-0.05, 0) is 37.0 Å². The molecule has 2 heterocycles. The van der Waals surface area contributed by atoms with E-state index in [-0.39, 0.29) is 6.61 Å². The molecule has 0 saturated carbocycles. The number of aliphatic hydroxyl groups is 1. The molecule has 2 saturated heterocycles. The summed E-state index contributed by atoms with van der Waals surface area (Å²) in [6.07, 6.45) is 4.36. The quantitative estimate of drug-likeness (QED) is 0.131. The summed E-state index contributed by atoms with van der Waals surface area (Å²) in [4.78, 5) is 0. The molecule has 2 aliphatic rings. The predicted molar refractivity (Wildman–Crippen MR) is 158 cm³/mol. The van der Waals surface area contributed by atoms with E-state index in [0.29, 0.717) is 6.61 Å². The zero-order valence-electron chi connectivity index (χ0n) is 24.5. The zero-order chi connectivity index (χ0) is 28.8. The van der Waals surface area contributed by atoms with Crippen LogP contribution in [0, 0.1) is 0 Å². The third-order valence-corrected chi connectivity index (χ3v) is 8.05. The Bertz CT molecular complexity index is 1100. The first kappa shape index (κ1) is 29.9. The Kier molecular flexibility index (Phi) is 9.59. The van der Waals surface area contributed by atoms with Crippen molar-refractivity contribution >= 4 is 0 Å². The van der Waals surface area contributed by atoms with Crippen molar-refractivity contribution in [2.75, 3.05) is 13.2 Å². The van der Waals surface area contributed by atoms with Crippen LogP contribution < -0.4 is 0 Å². The molecule has 6 nitrogen and oxygen atoms in total. The standard InChI is InChI=1S/C35H44O6/c1-4-5-6-7-8-18-25-37-35(36)30(39-32-31(35)40-33(2,3)41-32)26-38-34(27-19-12-9-13-20-27,28-21-14-10-15-22-28)29-23-16-11-17-24-29/h9-17,19-24,30-32,36H,4-8,18,25-26H2,1-3H3/t30-,31+,32?,35-/m1/s1. The Labute approximate surface area is 244 Å². The van der Waals surface area contributed by atoms with Crippen LogP contribution in [0.3, 0.4) is 0 Å². The first-order chi connectivity index (χ1) is 19.9. The molecular formula is C35H44O6. The lowest BCUT2D eigenvalue weighted by Gasteiger charge is -2.39. The van der Waals surface area contributed by atoms with Gasteiger partial charge < -0.3 is 28.8 Å². The van der Waals surface area contributed by atoms with Crippen LogP contribution in [0.4, 0.5) is 0 Å². The number of unbranched alkanes of at least 4 members (excludes halogenated alkanes) is 5. The van der Waals surface area contributed by atoms with E-state index in [1.54, 1.807) is 0 Å². The molecule has 2 aliphatic heterocycles. The number of rotatable bonds is 14. The fourth-order valence-corrected chi connectivity index (χ4v) is 5.97. The molecule has 5 rings (SSSR count). The summed E-state index contributed by atoms with van der Waals surface area (Å²) in [6.45, 7) is 6.30. The maximum absolute atomic E-state index is 12.1. The van der Waals surface area contributed by atoms with Gasteiger partial charge in [-0.2, -0.15) is 0 Å². The maximum Gasteiger partial charge on any atom is 0.227 e. The highest BCUT2D eigenvalue weighted by Gasteiger charge is 2.64. The lowest BCUT2D eigenvalue weighted by atomic mass is 9.80. The molecule has 0 aromatic heterocycles. The monoisotopic (exact) mass is 560 g/mol. The van der Waals surface area contributed by atoms with Gasteiger partial charge in [0.25, 0.3) is 0 Å². The smallest absolute Gasteiger partial charge is 0.227 e. The molecule has 2 fully saturated rings. The Morgan fingerprint density at radius 2 is 1.24 bits per heavy atom. The highest BCUT2D eigenvalue weighted by Crippen LogP contribution is 2.46. The average molecular weight is 561 g/mol. The van der Waals surface area contributed by atoms with Gasteiger partial charge in [-0.1, -0.05) is 130 Å². The highest BCUT2D eigenvalue weighted by atomic mass is 16.9. The van der Waals surface area contributed by atoms with Crippen LogP contribution in [0.15, 0.2) is 91.0 Å². The number of hydrogen-bond donors (Lipinski definition) is 1.